The molecule has 1 aromatic rings. The Balaban J connectivity index is 2.16. The molecule has 1 aliphatic rings. The highest BCUT2D eigenvalue weighted by atomic mass is 16.5. The van der Waals surface area contributed by atoms with Gasteiger partial charge in [0, 0.05) is 0 Å². The van der Waals surface area contributed by atoms with E-state index in [2.05, 4.69) is 42.5 Å². The van der Waals surface area contributed by atoms with E-state index in [0.717, 1.165) is 12.2 Å². The lowest BCUT2D eigenvalue weighted by Crippen LogP contribution is -1.83. The zero-order valence-electron chi connectivity index (χ0n) is 8.81. The normalized spacial score (nSPS) is 17.0. The van der Waals surface area contributed by atoms with E-state index in [9.17, 15) is 0 Å². The van der Waals surface area contributed by atoms with E-state index in [0.29, 0.717) is 0 Å². The molecular formula is C14H14O. The molecule has 1 aromatic carbocycles. The first-order valence-corrected chi connectivity index (χ1v) is 5.06. The van der Waals surface area contributed by atoms with Crippen molar-refractivity contribution in [3.63, 3.8) is 0 Å². The number of rotatable bonds is 2. The Bertz CT molecular complexity index is 407. The minimum Gasteiger partial charge on any atom is -0.497 e. The second-order valence-corrected chi connectivity index (χ2v) is 3.48. The van der Waals surface area contributed by atoms with E-state index in [1.807, 2.05) is 12.1 Å². The number of methoxy groups -OCH3 is 1. The third-order valence-corrected chi connectivity index (χ3v) is 2.38. The molecule has 1 aliphatic carbocycles. The molecule has 0 bridgehead atoms. The average Bonchev–Trinajstić information content (AvgIpc) is 2.31. The fourth-order valence-corrected chi connectivity index (χ4v) is 1.55. The van der Waals surface area contributed by atoms with E-state index >= 15 is 0 Å². The first kappa shape index (κ1) is 9.78. The smallest absolute Gasteiger partial charge is 0.118 e. The van der Waals surface area contributed by atoms with Crippen LogP contribution >= 0.6 is 0 Å². The fourth-order valence-electron chi connectivity index (χ4n) is 1.55. The zero-order valence-corrected chi connectivity index (χ0v) is 8.81. The number of benzene rings is 1. The Morgan fingerprint density at radius 3 is 2.53 bits per heavy atom. The molecular weight excluding hydrogens is 184 g/mol. The van der Waals surface area contributed by atoms with Gasteiger partial charge in [0.15, 0.2) is 0 Å². The van der Waals surface area contributed by atoms with Crippen molar-refractivity contribution in [3.8, 4) is 5.75 Å². The van der Waals surface area contributed by atoms with Crippen molar-refractivity contribution in [2.24, 2.45) is 0 Å². The Hall–Kier alpha value is -1.76. The summed E-state index contributed by atoms with van der Waals surface area (Å²) in [5.74, 6) is 0.899. The monoisotopic (exact) mass is 198 g/mol. The number of allylic oxidation sites excluding steroid dienone is 5. The number of hydrogen-bond acceptors (Lipinski definition) is 1. The van der Waals surface area contributed by atoms with Gasteiger partial charge in [-0.1, -0.05) is 42.5 Å². The summed E-state index contributed by atoms with van der Waals surface area (Å²) >= 11 is 0. The summed E-state index contributed by atoms with van der Waals surface area (Å²) in [7, 11) is 1.68. The molecule has 0 unspecified atom stereocenters. The lowest BCUT2D eigenvalue weighted by molar-refractivity contribution is 0.415. The molecule has 0 fully saturated rings. The molecule has 2 rings (SSSR count). The quantitative estimate of drug-likeness (QED) is 0.705. The molecule has 76 valence electrons. The standard InChI is InChI=1S/C14H14O/c1-15-14-9-7-13(8-10-14)11-12-5-3-2-4-6-12/h2-5,7-11H,6H2,1H3. The largest absolute Gasteiger partial charge is 0.497 e. The van der Waals surface area contributed by atoms with Crippen molar-refractivity contribution in [1.29, 1.82) is 0 Å². The first-order valence-electron chi connectivity index (χ1n) is 5.06. The van der Waals surface area contributed by atoms with Crippen LogP contribution < -0.4 is 4.74 Å². The molecule has 0 spiro atoms. The van der Waals surface area contributed by atoms with Crippen LogP contribution in [0.4, 0.5) is 0 Å². The zero-order chi connectivity index (χ0) is 10.5. The van der Waals surface area contributed by atoms with Gasteiger partial charge in [-0.05, 0) is 29.7 Å². The van der Waals surface area contributed by atoms with Crippen LogP contribution in [0.15, 0.2) is 54.1 Å². The maximum absolute atomic E-state index is 5.11. The maximum atomic E-state index is 5.11. The van der Waals surface area contributed by atoms with Crippen LogP contribution in [0.2, 0.25) is 0 Å². The second-order valence-electron chi connectivity index (χ2n) is 3.48. The lowest BCUT2D eigenvalue weighted by Gasteiger charge is -2.03. The lowest BCUT2D eigenvalue weighted by atomic mass is 10.0. The van der Waals surface area contributed by atoms with Crippen molar-refractivity contribution >= 4 is 6.08 Å². The highest BCUT2D eigenvalue weighted by Crippen LogP contribution is 2.17. The summed E-state index contributed by atoms with van der Waals surface area (Å²) in [6.07, 6.45) is 11.7. The minimum absolute atomic E-state index is 0.899. The van der Waals surface area contributed by atoms with Gasteiger partial charge in [-0.3, -0.25) is 0 Å². The van der Waals surface area contributed by atoms with Crippen LogP contribution in [0.5, 0.6) is 5.75 Å². The molecule has 0 saturated heterocycles. The third kappa shape index (κ3) is 2.59. The molecule has 0 N–H and O–H groups in total. The van der Waals surface area contributed by atoms with Crippen molar-refractivity contribution in [1.82, 2.24) is 0 Å². The molecule has 1 heteroatoms. The van der Waals surface area contributed by atoms with Gasteiger partial charge in [0.2, 0.25) is 0 Å². The molecule has 0 amide bonds. The predicted molar refractivity (Wildman–Crippen MR) is 63.9 cm³/mol. The fraction of sp³-hybridized carbons (Fsp3) is 0.143. The van der Waals surface area contributed by atoms with E-state index < -0.39 is 0 Å². The SMILES string of the molecule is COc1ccc(C=C2C=CC=CC2)cc1. The Morgan fingerprint density at radius 1 is 1.13 bits per heavy atom. The van der Waals surface area contributed by atoms with Crippen LogP contribution in [0.3, 0.4) is 0 Å². The summed E-state index contributed by atoms with van der Waals surface area (Å²) in [5.41, 5.74) is 2.55. The van der Waals surface area contributed by atoms with E-state index in [1.54, 1.807) is 7.11 Å². The van der Waals surface area contributed by atoms with Crippen LogP contribution in [-0.2, 0) is 0 Å². The van der Waals surface area contributed by atoms with Gasteiger partial charge < -0.3 is 4.74 Å². The Morgan fingerprint density at radius 2 is 1.93 bits per heavy atom. The van der Waals surface area contributed by atoms with Crippen molar-refractivity contribution < 1.29 is 4.74 Å². The van der Waals surface area contributed by atoms with Crippen LogP contribution in [-0.4, -0.2) is 7.11 Å². The van der Waals surface area contributed by atoms with Crippen LogP contribution in [0.25, 0.3) is 6.08 Å². The maximum Gasteiger partial charge on any atom is 0.118 e. The van der Waals surface area contributed by atoms with Gasteiger partial charge >= 0.3 is 0 Å². The molecule has 0 saturated carbocycles. The van der Waals surface area contributed by atoms with Gasteiger partial charge in [0.05, 0.1) is 7.11 Å². The van der Waals surface area contributed by atoms with Crippen LogP contribution in [0, 0.1) is 0 Å². The summed E-state index contributed by atoms with van der Waals surface area (Å²) < 4.78 is 5.11. The number of hydrogen-bond donors (Lipinski definition) is 0. The van der Waals surface area contributed by atoms with Crippen molar-refractivity contribution in [2.75, 3.05) is 7.11 Å². The van der Waals surface area contributed by atoms with Gasteiger partial charge in [-0.2, -0.15) is 0 Å². The van der Waals surface area contributed by atoms with Crippen molar-refractivity contribution in [2.45, 2.75) is 6.42 Å². The molecule has 0 aliphatic heterocycles. The third-order valence-electron chi connectivity index (χ3n) is 2.38. The van der Waals surface area contributed by atoms with E-state index in [-0.39, 0.29) is 0 Å². The number of ether oxygens (including phenoxy) is 1. The van der Waals surface area contributed by atoms with Crippen molar-refractivity contribution in [3.05, 3.63) is 59.7 Å². The topological polar surface area (TPSA) is 9.23 Å². The molecule has 0 radical (unpaired) electrons. The predicted octanol–water partition coefficient (Wildman–Crippen LogP) is 3.59. The summed E-state index contributed by atoms with van der Waals surface area (Å²) in [6, 6.07) is 8.10. The Labute approximate surface area is 90.4 Å². The van der Waals surface area contributed by atoms with Gasteiger partial charge in [-0.15, -0.1) is 0 Å². The highest BCUT2D eigenvalue weighted by Gasteiger charge is 1.95. The van der Waals surface area contributed by atoms with E-state index in [1.165, 1.54) is 11.1 Å². The summed E-state index contributed by atoms with van der Waals surface area (Å²) in [5, 5.41) is 0. The van der Waals surface area contributed by atoms with E-state index in [4.69, 9.17) is 4.74 Å². The second kappa shape index (κ2) is 4.65. The summed E-state index contributed by atoms with van der Waals surface area (Å²) in [4.78, 5) is 0. The van der Waals surface area contributed by atoms with Gasteiger partial charge in [0.25, 0.3) is 0 Å². The average molecular weight is 198 g/mol. The molecule has 0 atom stereocenters. The summed E-state index contributed by atoms with van der Waals surface area (Å²) in [6.45, 7) is 0. The highest BCUT2D eigenvalue weighted by molar-refractivity contribution is 5.58. The van der Waals surface area contributed by atoms with Gasteiger partial charge in [0.1, 0.15) is 5.75 Å². The Kier molecular flexibility index (Phi) is 3.03. The molecule has 0 aromatic heterocycles. The van der Waals surface area contributed by atoms with Gasteiger partial charge in [-0.25, -0.2) is 0 Å². The molecule has 15 heavy (non-hydrogen) atoms. The minimum atomic E-state index is 0.899. The first-order chi connectivity index (χ1) is 7.38. The molecule has 0 heterocycles. The molecule has 1 nitrogen and oxygen atoms in total. The van der Waals surface area contributed by atoms with Crippen LogP contribution in [0.1, 0.15) is 12.0 Å².